The van der Waals surface area contributed by atoms with Crippen molar-refractivity contribution in [1.29, 1.82) is 0 Å². The summed E-state index contributed by atoms with van der Waals surface area (Å²) in [5.74, 6) is 0.597. The molecule has 2 heteroatoms. The molecule has 0 spiro atoms. The molecule has 0 amide bonds. The maximum absolute atomic E-state index is 3.77. The zero-order valence-electron chi connectivity index (χ0n) is 12.9. The molecule has 1 heterocycles. The first-order chi connectivity index (χ1) is 9.50. The highest BCUT2D eigenvalue weighted by molar-refractivity contribution is 7.10. The van der Waals surface area contributed by atoms with Crippen LogP contribution in [0.2, 0.25) is 0 Å². The molecule has 0 fully saturated rings. The fourth-order valence-electron chi connectivity index (χ4n) is 2.49. The molecule has 2 rings (SSSR count). The van der Waals surface area contributed by atoms with E-state index in [0.717, 1.165) is 6.54 Å². The Balaban J connectivity index is 2.06. The third kappa shape index (κ3) is 3.71. The van der Waals surface area contributed by atoms with E-state index in [1.54, 1.807) is 0 Å². The standard InChI is InChI=1S/C18H25NS/c1-14(2)17(16-11-8-12-20-16)19-13-18(3,4)15-9-6-5-7-10-15/h5-12,14,17,19H,13H2,1-4H3. The second-order valence-electron chi connectivity index (χ2n) is 6.37. The van der Waals surface area contributed by atoms with E-state index >= 15 is 0 Å². The summed E-state index contributed by atoms with van der Waals surface area (Å²) in [5.41, 5.74) is 1.53. The molecule has 1 atom stereocenters. The average Bonchev–Trinajstić information content (AvgIpc) is 2.93. The van der Waals surface area contributed by atoms with Crippen LogP contribution in [-0.2, 0) is 5.41 Å². The highest BCUT2D eigenvalue weighted by Gasteiger charge is 2.24. The first-order valence-electron chi connectivity index (χ1n) is 7.33. The molecule has 0 aliphatic heterocycles. The van der Waals surface area contributed by atoms with Gasteiger partial charge in [-0.1, -0.05) is 64.1 Å². The monoisotopic (exact) mass is 287 g/mol. The van der Waals surface area contributed by atoms with Gasteiger partial charge in [0.05, 0.1) is 0 Å². The van der Waals surface area contributed by atoms with Crippen molar-refractivity contribution in [3.8, 4) is 0 Å². The Morgan fingerprint density at radius 2 is 1.75 bits per heavy atom. The number of hydrogen-bond acceptors (Lipinski definition) is 2. The molecule has 0 bridgehead atoms. The molecular weight excluding hydrogens is 262 g/mol. The first-order valence-corrected chi connectivity index (χ1v) is 8.21. The van der Waals surface area contributed by atoms with Crippen LogP contribution in [0.25, 0.3) is 0 Å². The molecular formula is C18H25NS. The predicted molar refractivity (Wildman–Crippen MR) is 89.4 cm³/mol. The van der Waals surface area contributed by atoms with Gasteiger partial charge in [-0.15, -0.1) is 11.3 Å². The molecule has 1 N–H and O–H groups in total. The summed E-state index contributed by atoms with van der Waals surface area (Å²) in [6, 6.07) is 15.6. The van der Waals surface area contributed by atoms with Gasteiger partial charge in [0, 0.05) is 22.9 Å². The Hall–Kier alpha value is -1.12. The molecule has 0 aliphatic rings. The van der Waals surface area contributed by atoms with Gasteiger partial charge in [-0.3, -0.25) is 0 Å². The molecule has 20 heavy (non-hydrogen) atoms. The van der Waals surface area contributed by atoms with E-state index in [0.29, 0.717) is 12.0 Å². The van der Waals surface area contributed by atoms with Crippen LogP contribution in [0.1, 0.15) is 44.2 Å². The number of hydrogen-bond donors (Lipinski definition) is 1. The van der Waals surface area contributed by atoms with Crippen molar-refractivity contribution in [2.24, 2.45) is 5.92 Å². The van der Waals surface area contributed by atoms with Crippen LogP contribution in [0.4, 0.5) is 0 Å². The first kappa shape index (κ1) is 15.3. The minimum atomic E-state index is 0.145. The molecule has 1 aromatic heterocycles. The summed E-state index contributed by atoms with van der Waals surface area (Å²) in [6.45, 7) is 10.2. The van der Waals surface area contributed by atoms with Gasteiger partial charge in [0.1, 0.15) is 0 Å². The van der Waals surface area contributed by atoms with Crippen LogP contribution in [0.3, 0.4) is 0 Å². The molecule has 1 aromatic carbocycles. The number of rotatable bonds is 6. The molecule has 108 valence electrons. The topological polar surface area (TPSA) is 12.0 Å². The minimum Gasteiger partial charge on any atom is -0.308 e. The van der Waals surface area contributed by atoms with Gasteiger partial charge < -0.3 is 5.32 Å². The number of thiophene rings is 1. The Morgan fingerprint density at radius 3 is 2.30 bits per heavy atom. The fourth-order valence-corrected chi connectivity index (χ4v) is 3.46. The third-order valence-corrected chi connectivity index (χ3v) is 4.79. The lowest BCUT2D eigenvalue weighted by atomic mass is 9.84. The highest BCUT2D eigenvalue weighted by Crippen LogP contribution is 2.28. The molecule has 0 radical (unpaired) electrons. The Morgan fingerprint density at radius 1 is 1.05 bits per heavy atom. The lowest BCUT2D eigenvalue weighted by molar-refractivity contribution is 0.366. The van der Waals surface area contributed by atoms with Crippen LogP contribution < -0.4 is 5.32 Å². The second-order valence-corrected chi connectivity index (χ2v) is 7.35. The van der Waals surface area contributed by atoms with Gasteiger partial charge in [-0.25, -0.2) is 0 Å². The third-order valence-electron chi connectivity index (χ3n) is 3.84. The summed E-state index contributed by atoms with van der Waals surface area (Å²) in [6.07, 6.45) is 0. The quantitative estimate of drug-likeness (QED) is 0.787. The summed E-state index contributed by atoms with van der Waals surface area (Å²) >= 11 is 1.84. The van der Waals surface area contributed by atoms with Gasteiger partial charge in [0.25, 0.3) is 0 Å². The van der Waals surface area contributed by atoms with Crippen molar-refractivity contribution in [3.05, 3.63) is 58.3 Å². The Bertz CT molecular complexity index is 499. The summed E-state index contributed by atoms with van der Waals surface area (Å²) in [7, 11) is 0. The molecule has 1 unspecified atom stereocenters. The van der Waals surface area contributed by atoms with Gasteiger partial charge in [0.15, 0.2) is 0 Å². The highest BCUT2D eigenvalue weighted by atomic mass is 32.1. The minimum absolute atomic E-state index is 0.145. The number of benzene rings is 1. The van der Waals surface area contributed by atoms with Crippen LogP contribution in [0.15, 0.2) is 47.8 Å². The zero-order chi connectivity index (χ0) is 14.6. The SMILES string of the molecule is CC(C)C(NCC(C)(C)c1ccccc1)c1cccs1. The zero-order valence-corrected chi connectivity index (χ0v) is 13.7. The van der Waals surface area contributed by atoms with E-state index in [-0.39, 0.29) is 5.41 Å². The van der Waals surface area contributed by atoms with Crippen LogP contribution in [0.5, 0.6) is 0 Å². The van der Waals surface area contributed by atoms with E-state index < -0.39 is 0 Å². The molecule has 0 aliphatic carbocycles. The van der Waals surface area contributed by atoms with Crippen molar-refractivity contribution in [2.45, 2.75) is 39.2 Å². The molecule has 0 saturated heterocycles. The maximum Gasteiger partial charge on any atom is 0.0438 e. The normalized spacial score (nSPS) is 13.7. The van der Waals surface area contributed by atoms with Gasteiger partial charge >= 0.3 is 0 Å². The summed E-state index contributed by atoms with van der Waals surface area (Å²) in [5, 5.41) is 5.93. The van der Waals surface area contributed by atoms with E-state index in [9.17, 15) is 0 Å². The maximum atomic E-state index is 3.77. The van der Waals surface area contributed by atoms with E-state index in [1.807, 2.05) is 11.3 Å². The van der Waals surface area contributed by atoms with Crippen molar-refractivity contribution in [2.75, 3.05) is 6.54 Å². The van der Waals surface area contributed by atoms with Crippen molar-refractivity contribution >= 4 is 11.3 Å². The van der Waals surface area contributed by atoms with E-state index in [1.165, 1.54) is 10.4 Å². The molecule has 2 aromatic rings. The van der Waals surface area contributed by atoms with Crippen LogP contribution >= 0.6 is 11.3 Å². The van der Waals surface area contributed by atoms with Crippen molar-refractivity contribution < 1.29 is 0 Å². The van der Waals surface area contributed by atoms with Crippen LogP contribution in [-0.4, -0.2) is 6.54 Å². The predicted octanol–water partition coefficient (Wildman–Crippen LogP) is 5.01. The van der Waals surface area contributed by atoms with Crippen molar-refractivity contribution in [3.63, 3.8) is 0 Å². The number of nitrogens with one attached hydrogen (secondary N) is 1. The van der Waals surface area contributed by atoms with Crippen LogP contribution in [0, 0.1) is 5.92 Å². The lowest BCUT2D eigenvalue weighted by Crippen LogP contribution is -2.36. The van der Waals surface area contributed by atoms with Crippen molar-refractivity contribution in [1.82, 2.24) is 5.32 Å². The van der Waals surface area contributed by atoms with E-state index in [2.05, 4.69) is 80.9 Å². The Kier molecular flexibility index (Phi) is 5.00. The lowest BCUT2D eigenvalue weighted by Gasteiger charge is -2.30. The molecule has 1 nitrogen and oxygen atoms in total. The Labute approximate surface area is 127 Å². The van der Waals surface area contributed by atoms with Gasteiger partial charge in [0.2, 0.25) is 0 Å². The fraction of sp³-hybridized carbons (Fsp3) is 0.444. The second kappa shape index (κ2) is 6.55. The molecule has 0 saturated carbocycles. The van der Waals surface area contributed by atoms with Gasteiger partial charge in [-0.05, 0) is 22.9 Å². The summed E-state index contributed by atoms with van der Waals surface area (Å²) in [4.78, 5) is 1.43. The smallest absolute Gasteiger partial charge is 0.0438 e. The summed E-state index contributed by atoms with van der Waals surface area (Å²) < 4.78 is 0. The average molecular weight is 287 g/mol. The van der Waals surface area contributed by atoms with E-state index in [4.69, 9.17) is 0 Å². The van der Waals surface area contributed by atoms with Gasteiger partial charge in [-0.2, -0.15) is 0 Å². The largest absolute Gasteiger partial charge is 0.308 e.